The van der Waals surface area contributed by atoms with Crippen LogP contribution in [0.25, 0.3) is 0 Å². The number of halogens is 1. The Kier molecular flexibility index (Phi) is 7.40. The van der Waals surface area contributed by atoms with E-state index in [1.54, 1.807) is 4.90 Å². The lowest BCUT2D eigenvalue weighted by Crippen LogP contribution is -2.50. The molecule has 2 aromatic rings. The van der Waals surface area contributed by atoms with Crippen molar-refractivity contribution < 1.29 is 22.4 Å². The van der Waals surface area contributed by atoms with Gasteiger partial charge in [0.2, 0.25) is 21.8 Å². The average Bonchev–Trinajstić information content (AvgIpc) is 3.19. The van der Waals surface area contributed by atoms with Gasteiger partial charge in [-0.25, -0.2) is 8.42 Å². The van der Waals surface area contributed by atoms with Gasteiger partial charge >= 0.3 is 0 Å². The molecule has 1 saturated heterocycles. The van der Waals surface area contributed by atoms with Crippen molar-refractivity contribution in [2.45, 2.75) is 37.6 Å². The fourth-order valence-corrected chi connectivity index (χ4v) is 4.93. The summed E-state index contributed by atoms with van der Waals surface area (Å²) in [5, 5.41) is 3.28. The van der Waals surface area contributed by atoms with E-state index in [0.29, 0.717) is 10.8 Å². The minimum Gasteiger partial charge on any atom is -0.464 e. The Hall–Kier alpha value is -2.36. The van der Waals surface area contributed by atoms with Crippen LogP contribution in [0, 0.1) is 6.92 Å². The van der Waals surface area contributed by atoms with E-state index in [0.717, 1.165) is 5.76 Å². The first kappa shape index (κ1) is 23.3. The lowest BCUT2D eigenvalue weighted by Gasteiger charge is -2.34. The third kappa shape index (κ3) is 5.87. The summed E-state index contributed by atoms with van der Waals surface area (Å²) >= 11 is 5.83. The number of hydrogen-bond acceptors (Lipinski definition) is 5. The largest absolute Gasteiger partial charge is 0.464 e. The third-order valence-corrected chi connectivity index (χ3v) is 7.34. The lowest BCUT2D eigenvalue weighted by molar-refractivity contribution is -0.134. The molecule has 0 aliphatic carbocycles. The van der Waals surface area contributed by atoms with Crippen LogP contribution in [0.5, 0.6) is 0 Å². The van der Waals surface area contributed by atoms with Crippen LogP contribution < -0.4 is 5.32 Å². The first-order valence-electron chi connectivity index (χ1n) is 10.1. The van der Waals surface area contributed by atoms with Crippen molar-refractivity contribution in [3.8, 4) is 0 Å². The fourth-order valence-electron chi connectivity index (χ4n) is 3.38. The van der Waals surface area contributed by atoms with E-state index in [9.17, 15) is 18.0 Å². The highest BCUT2D eigenvalue weighted by Crippen LogP contribution is 2.20. The van der Waals surface area contributed by atoms with Crippen molar-refractivity contribution in [2.24, 2.45) is 0 Å². The number of benzene rings is 1. The van der Waals surface area contributed by atoms with Crippen LogP contribution in [0.2, 0.25) is 5.02 Å². The number of rotatable bonds is 7. The van der Waals surface area contributed by atoms with Gasteiger partial charge in [-0.1, -0.05) is 11.6 Å². The third-order valence-electron chi connectivity index (χ3n) is 5.17. The summed E-state index contributed by atoms with van der Waals surface area (Å²) in [4.78, 5) is 26.4. The maximum Gasteiger partial charge on any atom is 0.243 e. The minimum atomic E-state index is -3.63. The second kappa shape index (κ2) is 9.84. The average molecular weight is 468 g/mol. The number of piperazine rings is 1. The molecule has 10 heteroatoms. The number of furan rings is 1. The number of aryl methyl sites for hydroxylation is 1. The van der Waals surface area contributed by atoms with Crippen LogP contribution in [0.15, 0.2) is 45.7 Å². The van der Waals surface area contributed by atoms with E-state index in [4.69, 9.17) is 16.0 Å². The molecule has 0 saturated carbocycles. The zero-order chi connectivity index (χ0) is 22.6. The second-order valence-electron chi connectivity index (χ2n) is 7.48. The fraction of sp³-hybridized carbons (Fsp3) is 0.429. The monoisotopic (exact) mass is 467 g/mol. The van der Waals surface area contributed by atoms with E-state index in [1.165, 1.54) is 28.6 Å². The maximum atomic E-state index is 12.7. The molecule has 168 valence electrons. The molecular formula is C21H26ClN3O5S. The molecule has 0 spiro atoms. The molecule has 8 nitrogen and oxygen atoms in total. The van der Waals surface area contributed by atoms with Crippen LogP contribution in [0.3, 0.4) is 0 Å². The summed E-state index contributed by atoms with van der Waals surface area (Å²) in [6.07, 6.45) is 0.131. The molecule has 1 aliphatic heterocycles. The van der Waals surface area contributed by atoms with E-state index in [2.05, 4.69) is 5.32 Å². The molecule has 3 rings (SSSR count). The second-order valence-corrected chi connectivity index (χ2v) is 9.85. The predicted octanol–water partition coefficient (Wildman–Crippen LogP) is 2.73. The molecule has 0 radical (unpaired) electrons. The number of hydrogen-bond donors (Lipinski definition) is 1. The van der Waals surface area contributed by atoms with Crippen molar-refractivity contribution >= 4 is 33.4 Å². The first-order chi connectivity index (χ1) is 14.7. The minimum absolute atomic E-state index is 0.0617. The molecule has 1 aromatic heterocycles. The number of amides is 2. The van der Waals surface area contributed by atoms with Crippen LogP contribution in [-0.2, 0) is 19.6 Å². The van der Waals surface area contributed by atoms with Crippen LogP contribution in [0.4, 0.5) is 0 Å². The zero-order valence-electron chi connectivity index (χ0n) is 17.5. The van der Waals surface area contributed by atoms with Gasteiger partial charge in [0.05, 0.1) is 10.9 Å². The topological polar surface area (TPSA) is 99.9 Å². The number of nitrogens with one attached hydrogen (secondary N) is 1. The number of carbonyl (C=O) groups excluding carboxylic acids is 2. The number of carbonyl (C=O) groups is 2. The molecule has 2 heterocycles. The smallest absolute Gasteiger partial charge is 0.243 e. The number of nitrogens with zero attached hydrogens (tertiary/aromatic N) is 2. The molecule has 1 N–H and O–H groups in total. The van der Waals surface area contributed by atoms with E-state index < -0.39 is 10.0 Å². The molecule has 31 heavy (non-hydrogen) atoms. The van der Waals surface area contributed by atoms with Crippen molar-refractivity contribution in [2.75, 3.05) is 26.2 Å². The summed E-state index contributed by atoms with van der Waals surface area (Å²) in [6, 6.07) is 9.37. The predicted molar refractivity (Wildman–Crippen MR) is 116 cm³/mol. The first-order valence-corrected chi connectivity index (χ1v) is 11.9. The zero-order valence-corrected chi connectivity index (χ0v) is 19.1. The summed E-state index contributed by atoms with van der Waals surface area (Å²) in [5.41, 5.74) is 0. The van der Waals surface area contributed by atoms with E-state index in [-0.39, 0.29) is 61.8 Å². The molecule has 2 amide bonds. The van der Waals surface area contributed by atoms with Gasteiger partial charge in [0.15, 0.2) is 0 Å². The Bertz CT molecular complexity index is 1030. The highest BCUT2D eigenvalue weighted by Gasteiger charge is 2.30. The summed E-state index contributed by atoms with van der Waals surface area (Å²) < 4.78 is 32.3. The highest BCUT2D eigenvalue weighted by atomic mass is 35.5. The Morgan fingerprint density at radius 2 is 1.71 bits per heavy atom. The normalized spacial score (nSPS) is 16.2. The highest BCUT2D eigenvalue weighted by molar-refractivity contribution is 7.89. The Labute approximate surface area is 187 Å². The molecule has 1 fully saturated rings. The molecular weight excluding hydrogens is 442 g/mol. The molecule has 1 aromatic carbocycles. The van der Waals surface area contributed by atoms with Gasteiger partial charge in [-0.2, -0.15) is 4.31 Å². The van der Waals surface area contributed by atoms with Gasteiger partial charge in [-0.15, -0.1) is 0 Å². The van der Waals surface area contributed by atoms with Gasteiger partial charge in [0, 0.05) is 44.0 Å². The van der Waals surface area contributed by atoms with Crippen molar-refractivity contribution in [1.82, 2.24) is 14.5 Å². The van der Waals surface area contributed by atoms with E-state index >= 15 is 0 Å². The van der Waals surface area contributed by atoms with Crippen molar-refractivity contribution in [1.29, 1.82) is 0 Å². The molecule has 1 aliphatic rings. The molecule has 0 bridgehead atoms. The van der Waals surface area contributed by atoms with Crippen molar-refractivity contribution in [3.05, 3.63) is 52.9 Å². The van der Waals surface area contributed by atoms with Gasteiger partial charge in [0.1, 0.15) is 11.5 Å². The van der Waals surface area contributed by atoms with Gasteiger partial charge in [-0.05, 0) is 50.2 Å². The SMILES string of the molecule is Cc1ccc(C(C)NC(=O)CCC(=O)N2CCN(S(=O)(=O)c3ccc(Cl)cc3)CC2)o1. The summed E-state index contributed by atoms with van der Waals surface area (Å²) in [7, 11) is -3.63. The van der Waals surface area contributed by atoms with Crippen LogP contribution >= 0.6 is 11.6 Å². The Morgan fingerprint density at radius 3 is 2.29 bits per heavy atom. The number of sulfonamides is 1. The Balaban J connectivity index is 1.45. The quantitative estimate of drug-likeness (QED) is 0.674. The molecule has 1 atom stereocenters. The van der Waals surface area contributed by atoms with E-state index in [1.807, 2.05) is 26.0 Å². The van der Waals surface area contributed by atoms with Crippen LogP contribution in [-0.4, -0.2) is 55.6 Å². The van der Waals surface area contributed by atoms with Gasteiger partial charge in [0.25, 0.3) is 0 Å². The summed E-state index contributed by atoms with van der Waals surface area (Å²) in [6.45, 7) is 4.63. The Morgan fingerprint density at radius 1 is 1.06 bits per heavy atom. The van der Waals surface area contributed by atoms with Gasteiger partial charge < -0.3 is 14.6 Å². The molecule has 1 unspecified atom stereocenters. The maximum absolute atomic E-state index is 12.7. The summed E-state index contributed by atoms with van der Waals surface area (Å²) in [5.74, 6) is 1.03. The van der Waals surface area contributed by atoms with Crippen LogP contribution in [0.1, 0.15) is 37.3 Å². The standard InChI is InChI=1S/C21H26ClN3O5S/c1-15-3-8-19(30-15)16(2)23-20(26)9-10-21(27)24-11-13-25(14-12-24)31(28,29)18-6-4-17(22)5-7-18/h3-8,16H,9-14H2,1-2H3,(H,23,26). The van der Waals surface area contributed by atoms with Crippen molar-refractivity contribution in [3.63, 3.8) is 0 Å². The lowest BCUT2D eigenvalue weighted by atomic mass is 10.2. The van der Waals surface area contributed by atoms with Gasteiger partial charge in [-0.3, -0.25) is 9.59 Å².